The number of aliphatic hydroxyl groups is 1. The maximum atomic E-state index is 11.9. The molecule has 4 N–H and O–H groups in total. The summed E-state index contributed by atoms with van der Waals surface area (Å²) in [5, 5.41) is 11.6. The number of aromatic nitrogens is 1. The van der Waals surface area contributed by atoms with Crippen LogP contribution in [0.5, 0.6) is 0 Å². The van der Waals surface area contributed by atoms with Crippen molar-refractivity contribution in [2.75, 3.05) is 6.61 Å². The lowest BCUT2D eigenvalue weighted by Crippen LogP contribution is -2.47. The van der Waals surface area contributed by atoms with Crippen molar-refractivity contribution in [1.29, 1.82) is 0 Å². The normalized spacial score (nSPS) is 11.0. The topological polar surface area (TPSA) is 105 Å². The number of carbonyl (C=O) groups excluding carboxylic acids is 2. The van der Waals surface area contributed by atoms with Crippen molar-refractivity contribution >= 4 is 11.8 Å². The Morgan fingerprint density at radius 2 is 2.18 bits per heavy atom. The van der Waals surface area contributed by atoms with Crippen molar-refractivity contribution in [1.82, 2.24) is 10.3 Å². The van der Waals surface area contributed by atoms with Gasteiger partial charge in [-0.05, 0) is 26.0 Å². The van der Waals surface area contributed by atoms with Crippen LogP contribution in [0.2, 0.25) is 0 Å². The van der Waals surface area contributed by atoms with Crippen molar-refractivity contribution in [3.8, 4) is 0 Å². The fourth-order valence-electron chi connectivity index (χ4n) is 1.19. The second kappa shape index (κ2) is 4.92. The van der Waals surface area contributed by atoms with Gasteiger partial charge in [0.25, 0.3) is 11.8 Å². The molecule has 92 valence electrons. The smallest absolute Gasteiger partial charge is 0.271 e. The molecule has 1 aromatic heterocycles. The van der Waals surface area contributed by atoms with E-state index in [1.54, 1.807) is 13.8 Å². The van der Waals surface area contributed by atoms with Crippen LogP contribution in [0, 0.1) is 0 Å². The predicted molar refractivity (Wildman–Crippen MR) is 61.4 cm³/mol. The van der Waals surface area contributed by atoms with E-state index in [9.17, 15) is 9.59 Å². The zero-order valence-electron chi connectivity index (χ0n) is 9.73. The number of pyridine rings is 1. The highest BCUT2D eigenvalue weighted by atomic mass is 16.3. The molecule has 0 saturated heterocycles. The molecule has 0 aromatic carbocycles. The lowest BCUT2D eigenvalue weighted by Gasteiger charge is -2.23. The molecule has 6 heteroatoms. The van der Waals surface area contributed by atoms with Crippen LogP contribution in [0.25, 0.3) is 0 Å². The minimum atomic E-state index is -0.788. The molecule has 0 unspecified atom stereocenters. The highest BCUT2D eigenvalue weighted by Gasteiger charge is 2.23. The zero-order chi connectivity index (χ0) is 13.1. The fraction of sp³-hybridized carbons (Fsp3) is 0.364. The Hall–Kier alpha value is -1.95. The van der Waals surface area contributed by atoms with Gasteiger partial charge in [0, 0.05) is 6.20 Å². The summed E-state index contributed by atoms with van der Waals surface area (Å²) in [4.78, 5) is 26.8. The molecule has 1 heterocycles. The van der Waals surface area contributed by atoms with Gasteiger partial charge in [-0.3, -0.25) is 14.6 Å². The average molecular weight is 237 g/mol. The third-order valence-corrected chi connectivity index (χ3v) is 2.14. The van der Waals surface area contributed by atoms with Gasteiger partial charge in [-0.15, -0.1) is 0 Å². The quantitative estimate of drug-likeness (QED) is 0.667. The summed E-state index contributed by atoms with van der Waals surface area (Å²) in [5.41, 5.74) is 4.37. The maximum Gasteiger partial charge on any atom is 0.271 e. The largest absolute Gasteiger partial charge is 0.394 e. The van der Waals surface area contributed by atoms with Crippen molar-refractivity contribution < 1.29 is 14.7 Å². The maximum absolute atomic E-state index is 11.9. The fourth-order valence-corrected chi connectivity index (χ4v) is 1.19. The lowest BCUT2D eigenvalue weighted by atomic mass is 10.1. The highest BCUT2D eigenvalue weighted by molar-refractivity contribution is 6.05. The van der Waals surface area contributed by atoms with Gasteiger partial charge in [0.1, 0.15) is 5.69 Å². The summed E-state index contributed by atoms with van der Waals surface area (Å²) in [6, 6.07) is 2.95. The molecule has 2 amide bonds. The summed E-state index contributed by atoms with van der Waals surface area (Å²) >= 11 is 0. The Kier molecular flexibility index (Phi) is 3.80. The van der Waals surface area contributed by atoms with Gasteiger partial charge in [-0.2, -0.15) is 0 Å². The Balaban J connectivity index is 3.01. The molecule has 0 bridgehead atoms. The number of hydrogen-bond donors (Lipinski definition) is 3. The number of aliphatic hydroxyl groups excluding tert-OH is 1. The van der Waals surface area contributed by atoms with Crippen LogP contribution in [0.15, 0.2) is 18.3 Å². The molecule has 0 aliphatic carbocycles. The lowest BCUT2D eigenvalue weighted by molar-refractivity contribution is 0.0855. The first-order valence-corrected chi connectivity index (χ1v) is 5.05. The summed E-state index contributed by atoms with van der Waals surface area (Å²) < 4.78 is 0. The SMILES string of the molecule is CC(C)(CO)NC(=O)c1ncccc1C(N)=O. The monoisotopic (exact) mass is 237 g/mol. The van der Waals surface area contributed by atoms with E-state index < -0.39 is 17.4 Å². The molecule has 0 aliphatic heterocycles. The number of carbonyl (C=O) groups is 2. The van der Waals surface area contributed by atoms with E-state index in [0.717, 1.165) is 0 Å². The second-order valence-electron chi connectivity index (χ2n) is 4.26. The Labute approximate surface area is 98.8 Å². The Morgan fingerprint density at radius 3 is 2.71 bits per heavy atom. The van der Waals surface area contributed by atoms with Crippen LogP contribution in [0.1, 0.15) is 34.7 Å². The van der Waals surface area contributed by atoms with E-state index in [4.69, 9.17) is 10.8 Å². The van der Waals surface area contributed by atoms with E-state index in [-0.39, 0.29) is 17.9 Å². The van der Waals surface area contributed by atoms with Crippen LogP contribution < -0.4 is 11.1 Å². The van der Waals surface area contributed by atoms with Crippen molar-refractivity contribution in [2.45, 2.75) is 19.4 Å². The molecule has 0 saturated carbocycles. The van der Waals surface area contributed by atoms with E-state index in [1.807, 2.05) is 0 Å². The van der Waals surface area contributed by atoms with Gasteiger partial charge in [-0.25, -0.2) is 0 Å². The van der Waals surface area contributed by atoms with Crippen LogP contribution in [0.3, 0.4) is 0 Å². The third kappa shape index (κ3) is 3.25. The highest BCUT2D eigenvalue weighted by Crippen LogP contribution is 2.07. The minimum absolute atomic E-state index is 0.0403. The van der Waals surface area contributed by atoms with Gasteiger partial charge in [0.15, 0.2) is 0 Å². The molecular formula is C11H15N3O3. The van der Waals surface area contributed by atoms with E-state index in [1.165, 1.54) is 18.3 Å². The third-order valence-electron chi connectivity index (χ3n) is 2.14. The molecule has 17 heavy (non-hydrogen) atoms. The second-order valence-corrected chi connectivity index (χ2v) is 4.26. The molecule has 0 atom stereocenters. The van der Waals surface area contributed by atoms with Crippen LogP contribution in [-0.4, -0.2) is 34.1 Å². The van der Waals surface area contributed by atoms with Gasteiger partial charge < -0.3 is 16.2 Å². The number of nitrogens with two attached hydrogens (primary N) is 1. The zero-order valence-corrected chi connectivity index (χ0v) is 9.73. The number of primary amides is 1. The Morgan fingerprint density at radius 1 is 1.53 bits per heavy atom. The first kappa shape index (κ1) is 13.1. The molecule has 0 fully saturated rings. The van der Waals surface area contributed by atoms with Gasteiger partial charge in [0.05, 0.1) is 17.7 Å². The number of amides is 2. The van der Waals surface area contributed by atoms with E-state index >= 15 is 0 Å². The number of nitrogens with one attached hydrogen (secondary N) is 1. The average Bonchev–Trinajstić information content (AvgIpc) is 2.28. The number of rotatable bonds is 4. The summed E-state index contributed by atoms with van der Waals surface area (Å²) in [6.07, 6.45) is 1.40. The Bertz CT molecular complexity index is 443. The van der Waals surface area contributed by atoms with Crippen molar-refractivity contribution in [2.24, 2.45) is 5.73 Å². The standard InChI is InChI=1S/C11H15N3O3/c1-11(2,6-15)14-10(17)8-7(9(12)16)4-3-5-13-8/h3-5,15H,6H2,1-2H3,(H2,12,16)(H,14,17). The van der Waals surface area contributed by atoms with E-state index in [0.29, 0.717) is 0 Å². The van der Waals surface area contributed by atoms with Crippen LogP contribution in [-0.2, 0) is 0 Å². The first-order valence-electron chi connectivity index (χ1n) is 5.05. The minimum Gasteiger partial charge on any atom is -0.394 e. The van der Waals surface area contributed by atoms with E-state index in [2.05, 4.69) is 10.3 Å². The first-order chi connectivity index (χ1) is 7.87. The van der Waals surface area contributed by atoms with Crippen LogP contribution in [0.4, 0.5) is 0 Å². The summed E-state index contributed by atoms with van der Waals surface area (Å²) in [5.74, 6) is -1.26. The molecule has 6 nitrogen and oxygen atoms in total. The van der Waals surface area contributed by atoms with Crippen molar-refractivity contribution in [3.05, 3.63) is 29.6 Å². The summed E-state index contributed by atoms with van der Waals surface area (Å²) in [6.45, 7) is 3.08. The molecule has 0 aliphatic rings. The summed E-state index contributed by atoms with van der Waals surface area (Å²) in [7, 11) is 0. The molecule has 1 aromatic rings. The van der Waals surface area contributed by atoms with Gasteiger partial charge in [-0.1, -0.05) is 0 Å². The van der Waals surface area contributed by atoms with Crippen LogP contribution >= 0.6 is 0 Å². The molecular weight excluding hydrogens is 222 g/mol. The van der Waals surface area contributed by atoms with Gasteiger partial charge >= 0.3 is 0 Å². The predicted octanol–water partition coefficient (Wildman–Crippen LogP) is -0.319. The molecule has 0 radical (unpaired) electrons. The molecule has 0 spiro atoms. The molecule has 1 rings (SSSR count). The number of nitrogens with zero attached hydrogens (tertiary/aromatic N) is 1. The number of hydrogen-bond acceptors (Lipinski definition) is 4. The van der Waals surface area contributed by atoms with Crippen molar-refractivity contribution in [3.63, 3.8) is 0 Å². The van der Waals surface area contributed by atoms with Gasteiger partial charge in [0.2, 0.25) is 0 Å².